The van der Waals surface area contributed by atoms with Crippen molar-refractivity contribution in [2.24, 2.45) is 0 Å². The molecule has 0 bridgehead atoms. The molecule has 21 heavy (non-hydrogen) atoms. The van der Waals surface area contributed by atoms with Gasteiger partial charge in [-0.1, -0.05) is 18.2 Å². The van der Waals surface area contributed by atoms with Crippen molar-refractivity contribution in [1.82, 2.24) is 4.98 Å². The highest BCUT2D eigenvalue weighted by atomic mass is 16.5. The molecule has 2 atom stereocenters. The van der Waals surface area contributed by atoms with Crippen LogP contribution in [0.3, 0.4) is 0 Å². The highest BCUT2D eigenvalue weighted by Crippen LogP contribution is 2.29. The van der Waals surface area contributed by atoms with Crippen LogP contribution in [0.15, 0.2) is 30.5 Å². The van der Waals surface area contributed by atoms with E-state index in [4.69, 9.17) is 9.47 Å². The van der Waals surface area contributed by atoms with Gasteiger partial charge in [-0.2, -0.15) is 0 Å². The second-order valence-electron chi connectivity index (χ2n) is 5.76. The van der Waals surface area contributed by atoms with E-state index in [0.717, 1.165) is 29.2 Å². The molecular weight excluding hydrogens is 266 g/mol. The van der Waals surface area contributed by atoms with Crippen molar-refractivity contribution in [1.29, 1.82) is 0 Å². The molecule has 2 heterocycles. The average molecular weight is 287 g/mol. The number of ether oxygens (including phenoxy) is 2. The lowest BCUT2D eigenvalue weighted by atomic mass is 10.0. The Hall–Kier alpha value is -1.65. The first-order valence-electron chi connectivity index (χ1n) is 7.47. The molecule has 1 aliphatic heterocycles. The van der Waals surface area contributed by atoms with E-state index in [-0.39, 0.29) is 24.9 Å². The smallest absolute Gasteiger partial charge is 0.221 e. The molecule has 1 aromatic heterocycles. The predicted octanol–water partition coefficient (Wildman–Crippen LogP) is 3.06. The standard InChI is InChI=1S/C17H21NO3/c1-11-7-14(8-12(2)20-11)21-17-16-6-4-3-5-15(16)13(10-19)9-18-17/h3-6,9,11-12,14,19H,7-8,10H2,1-2H3. The van der Waals surface area contributed by atoms with Crippen LogP contribution >= 0.6 is 0 Å². The zero-order valence-electron chi connectivity index (χ0n) is 12.5. The zero-order chi connectivity index (χ0) is 14.8. The van der Waals surface area contributed by atoms with E-state index in [1.807, 2.05) is 24.3 Å². The van der Waals surface area contributed by atoms with Crippen LogP contribution in [0.1, 0.15) is 32.3 Å². The summed E-state index contributed by atoms with van der Waals surface area (Å²) < 4.78 is 11.9. The maximum atomic E-state index is 9.42. The van der Waals surface area contributed by atoms with Crippen LogP contribution in [0.5, 0.6) is 5.88 Å². The lowest BCUT2D eigenvalue weighted by Gasteiger charge is -2.32. The van der Waals surface area contributed by atoms with Gasteiger partial charge in [0.2, 0.25) is 5.88 Å². The molecule has 4 nitrogen and oxygen atoms in total. The van der Waals surface area contributed by atoms with Gasteiger partial charge in [-0.3, -0.25) is 0 Å². The Balaban J connectivity index is 1.90. The number of aliphatic hydroxyl groups excluding tert-OH is 1. The molecule has 0 amide bonds. The minimum Gasteiger partial charge on any atom is -0.474 e. The van der Waals surface area contributed by atoms with Crippen molar-refractivity contribution in [2.75, 3.05) is 0 Å². The van der Waals surface area contributed by atoms with Gasteiger partial charge in [0.05, 0.1) is 18.8 Å². The molecule has 0 saturated carbocycles. The molecule has 2 aromatic rings. The number of aromatic nitrogens is 1. The van der Waals surface area contributed by atoms with Crippen LogP contribution in [0, 0.1) is 0 Å². The maximum absolute atomic E-state index is 9.42. The lowest BCUT2D eigenvalue weighted by molar-refractivity contribution is -0.0726. The summed E-state index contributed by atoms with van der Waals surface area (Å²) >= 11 is 0. The third kappa shape index (κ3) is 3.01. The number of benzene rings is 1. The summed E-state index contributed by atoms with van der Waals surface area (Å²) in [6.07, 6.45) is 4.00. The van der Waals surface area contributed by atoms with Crippen LogP contribution in [0.25, 0.3) is 10.8 Å². The van der Waals surface area contributed by atoms with Crippen molar-refractivity contribution in [3.63, 3.8) is 0 Å². The molecular formula is C17H21NO3. The second kappa shape index (κ2) is 6.00. The molecule has 1 fully saturated rings. The van der Waals surface area contributed by atoms with Crippen LogP contribution in [0.2, 0.25) is 0 Å². The van der Waals surface area contributed by atoms with E-state index >= 15 is 0 Å². The fourth-order valence-corrected chi connectivity index (χ4v) is 3.04. The van der Waals surface area contributed by atoms with Gasteiger partial charge in [0.15, 0.2) is 0 Å². The Morgan fingerprint density at radius 2 is 1.86 bits per heavy atom. The summed E-state index contributed by atoms with van der Waals surface area (Å²) in [6, 6.07) is 7.91. The third-order valence-corrected chi connectivity index (χ3v) is 3.94. The summed E-state index contributed by atoms with van der Waals surface area (Å²) in [5, 5.41) is 11.4. The predicted molar refractivity (Wildman–Crippen MR) is 81.3 cm³/mol. The molecule has 4 heteroatoms. The average Bonchev–Trinajstić information content (AvgIpc) is 2.46. The van der Waals surface area contributed by atoms with E-state index in [1.54, 1.807) is 6.20 Å². The molecule has 1 aromatic carbocycles. The molecule has 1 aliphatic rings. The van der Waals surface area contributed by atoms with Gasteiger partial charge in [0.25, 0.3) is 0 Å². The minimum atomic E-state index is -0.0148. The van der Waals surface area contributed by atoms with Crippen molar-refractivity contribution in [3.05, 3.63) is 36.0 Å². The fourth-order valence-electron chi connectivity index (χ4n) is 3.04. The SMILES string of the molecule is CC1CC(Oc2ncc(CO)c3ccccc23)CC(C)O1. The highest BCUT2D eigenvalue weighted by molar-refractivity contribution is 5.89. The van der Waals surface area contributed by atoms with Gasteiger partial charge in [-0.15, -0.1) is 0 Å². The Bertz CT molecular complexity index is 618. The molecule has 3 rings (SSSR count). The number of fused-ring (bicyclic) bond motifs is 1. The van der Waals surface area contributed by atoms with E-state index in [2.05, 4.69) is 18.8 Å². The maximum Gasteiger partial charge on any atom is 0.221 e. The van der Waals surface area contributed by atoms with E-state index < -0.39 is 0 Å². The van der Waals surface area contributed by atoms with Crippen molar-refractivity contribution in [2.45, 2.75) is 51.6 Å². The summed E-state index contributed by atoms with van der Waals surface area (Å²) in [4.78, 5) is 4.40. The summed E-state index contributed by atoms with van der Waals surface area (Å²) in [5.74, 6) is 0.647. The molecule has 1 saturated heterocycles. The first-order valence-corrected chi connectivity index (χ1v) is 7.47. The van der Waals surface area contributed by atoms with Crippen LogP contribution in [-0.4, -0.2) is 28.4 Å². The topological polar surface area (TPSA) is 51.6 Å². The van der Waals surface area contributed by atoms with E-state index in [9.17, 15) is 5.11 Å². The summed E-state index contributed by atoms with van der Waals surface area (Å²) in [5.41, 5.74) is 0.826. The molecule has 0 aliphatic carbocycles. The first-order chi connectivity index (χ1) is 10.2. The Morgan fingerprint density at radius 3 is 2.52 bits per heavy atom. The Kier molecular flexibility index (Phi) is 4.08. The molecule has 2 unspecified atom stereocenters. The van der Waals surface area contributed by atoms with Crippen molar-refractivity contribution < 1.29 is 14.6 Å². The van der Waals surface area contributed by atoms with Crippen molar-refractivity contribution >= 4 is 10.8 Å². The number of hydrogen-bond acceptors (Lipinski definition) is 4. The van der Waals surface area contributed by atoms with Crippen LogP contribution < -0.4 is 4.74 Å². The monoisotopic (exact) mass is 287 g/mol. The molecule has 112 valence electrons. The summed E-state index contributed by atoms with van der Waals surface area (Å²) in [6.45, 7) is 4.14. The quantitative estimate of drug-likeness (QED) is 0.942. The minimum absolute atomic E-state index is 0.0148. The number of hydrogen-bond donors (Lipinski definition) is 1. The van der Waals surface area contributed by atoms with Gasteiger partial charge < -0.3 is 14.6 Å². The largest absolute Gasteiger partial charge is 0.474 e. The van der Waals surface area contributed by atoms with E-state index in [1.165, 1.54) is 0 Å². The third-order valence-electron chi connectivity index (χ3n) is 3.94. The number of rotatable bonds is 3. The van der Waals surface area contributed by atoms with Gasteiger partial charge in [0.1, 0.15) is 6.10 Å². The van der Waals surface area contributed by atoms with E-state index in [0.29, 0.717) is 5.88 Å². The lowest BCUT2D eigenvalue weighted by Crippen LogP contribution is -2.35. The van der Waals surface area contributed by atoms with Gasteiger partial charge in [0, 0.05) is 30.0 Å². The number of pyridine rings is 1. The van der Waals surface area contributed by atoms with Crippen LogP contribution in [-0.2, 0) is 11.3 Å². The zero-order valence-corrected chi connectivity index (χ0v) is 12.5. The highest BCUT2D eigenvalue weighted by Gasteiger charge is 2.26. The molecule has 0 spiro atoms. The van der Waals surface area contributed by atoms with Crippen molar-refractivity contribution in [3.8, 4) is 5.88 Å². The van der Waals surface area contributed by atoms with Gasteiger partial charge in [-0.25, -0.2) is 4.98 Å². The van der Waals surface area contributed by atoms with Gasteiger partial charge in [-0.05, 0) is 25.3 Å². The molecule has 0 radical (unpaired) electrons. The second-order valence-corrected chi connectivity index (χ2v) is 5.76. The number of aliphatic hydroxyl groups is 1. The fraction of sp³-hybridized carbons (Fsp3) is 0.471. The van der Waals surface area contributed by atoms with Crippen LogP contribution in [0.4, 0.5) is 0 Å². The van der Waals surface area contributed by atoms with Gasteiger partial charge >= 0.3 is 0 Å². The Labute approximate surface area is 124 Å². The molecule has 1 N–H and O–H groups in total. The number of nitrogens with zero attached hydrogens (tertiary/aromatic N) is 1. The summed E-state index contributed by atoms with van der Waals surface area (Å²) in [7, 11) is 0. The normalized spacial score (nSPS) is 26.0. The Morgan fingerprint density at radius 1 is 1.19 bits per heavy atom. The first kappa shape index (κ1) is 14.3.